The molecule has 0 unspecified atom stereocenters. The van der Waals surface area contributed by atoms with Gasteiger partial charge in [0.05, 0.1) is 0 Å². The molecule has 0 N–H and O–H groups in total. The largest absolute Gasteiger partial charge is 0.471 e. The molecule has 0 aliphatic carbocycles. The smallest absolute Gasteiger partial charge is 0.329 e. The number of carbonyl (C=O) groups excluding carboxylic acids is 1. The van der Waals surface area contributed by atoms with Crippen LogP contribution in [-0.4, -0.2) is 22.6 Å². The standard InChI is InChI=1S/C12H8F4N2O2/c13-6-9(19)5-7-1-3-8(4-2-7)10-17-11(20-18-10)12(14,15)16/h1-4H,5-6H2. The van der Waals surface area contributed by atoms with E-state index in [0.717, 1.165) is 0 Å². The van der Waals surface area contributed by atoms with Crippen molar-refractivity contribution in [3.05, 3.63) is 35.7 Å². The maximum absolute atomic E-state index is 12.3. The molecule has 8 heteroatoms. The molecule has 1 aromatic carbocycles. The van der Waals surface area contributed by atoms with E-state index < -0.39 is 24.5 Å². The van der Waals surface area contributed by atoms with Crippen LogP contribution in [0.3, 0.4) is 0 Å². The fourth-order valence-corrected chi connectivity index (χ4v) is 1.50. The van der Waals surface area contributed by atoms with Crippen LogP contribution in [0.15, 0.2) is 28.8 Å². The van der Waals surface area contributed by atoms with Crippen molar-refractivity contribution < 1.29 is 26.9 Å². The summed E-state index contributed by atoms with van der Waals surface area (Å²) in [5, 5.41) is 3.23. The second-order valence-corrected chi connectivity index (χ2v) is 3.97. The number of ketones is 1. The maximum Gasteiger partial charge on any atom is 0.471 e. The molecule has 2 aromatic rings. The lowest BCUT2D eigenvalue weighted by molar-refractivity contribution is -0.159. The Morgan fingerprint density at radius 3 is 2.35 bits per heavy atom. The number of halogens is 4. The molecule has 0 saturated carbocycles. The zero-order chi connectivity index (χ0) is 14.8. The van der Waals surface area contributed by atoms with E-state index >= 15 is 0 Å². The molecule has 0 amide bonds. The summed E-state index contributed by atoms with van der Waals surface area (Å²) in [6, 6.07) is 5.86. The van der Waals surface area contributed by atoms with Gasteiger partial charge in [0.1, 0.15) is 6.67 Å². The molecule has 0 fully saturated rings. The first kappa shape index (κ1) is 14.2. The van der Waals surface area contributed by atoms with Crippen LogP contribution in [0.1, 0.15) is 11.5 Å². The molecule has 0 aliphatic heterocycles. The lowest BCUT2D eigenvalue weighted by Gasteiger charge is -1.99. The third-order valence-electron chi connectivity index (χ3n) is 2.43. The summed E-state index contributed by atoms with van der Waals surface area (Å²) in [6.45, 7) is -1.05. The number of alkyl halides is 4. The third-order valence-corrected chi connectivity index (χ3v) is 2.43. The fourth-order valence-electron chi connectivity index (χ4n) is 1.50. The molecular formula is C12H8F4N2O2. The molecule has 0 atom stereocenters. The van der Waals surface area contributed by atoms with Crippen molar-refractivity contribution in [2.24, 2.45) is 0 Å². The van der Waals surface area contributed by atoms with Crippen molar-refractivity contribution in [3.63, 3.8) is 0 Å². The van der Waals surface area contributed by atoms with E-state index in [0.29, 0.717) is 11.1 Å². The van der Waals surface area contributed by atoms with Gasteiger partial charge in [-0.15, -0.1) is 0 Å². The number of carbonyl (C=O) groups is 1. The van der Waals surface area contributed by atoms with E-state index in [1.807, 2.05) is 0 Å². The van der Waals surface area contributed by atoms with Crippen LogP contribution in [-0.2, 0) is 17.4 Å². The van der Waals surface area contributed by atoms with Crippen LogP contribution in [0, 0.1) is 0 Å². The van der Waals surface area contributed by atoms with E-state index in [2.05, 4.69) is 14.7 Å². The summed E-state index contributed by atoms with van der Waals surface area (Å²) in [6.07, 6.45) is -4.77. The first-order valence-corrected chi connectivity index (χ1v) is 5.48. The molecule has 0 saturated heterocycles. The number of rotatable bonds is 4. The molecule has 4 nitrogen and oxygen atoms in total. The first-order valence-electron chi connectivity index (χ1n) is 5.48. The quantitative estimate of drug-likeness (QED) is 0.812. The van der Waals surface area contributed by atoms with Crippen LogP contribution in [0.4, 0.5) is 17.6 Å². The normalized spacial score (nSPS) is 11.6. The summed E-state index contributed by atoms with van der Waals surface area (Å²) in [7, 11) is 0. The average molecular weight is 288 g/mol. The predicted molar refractivity (Wildman–Crippen MR) is 59.4 cm³/mol. The Labute approximate surface area is 110 Å². The van der Waals surface area contributed by atoms with Gasteiger partial charge in [-0.05, 0) is 5.56 Å². The summed E-state index contributed by atoms with van der Waals surface area (Å²) in [5.41, 5.74) is 0.858. The average Bonchev–Trinajstić information content (AvgIpc) is 2.89. The minimum absolute atomic E-state index is 0.0726. The Bertz CT molecular complexity index is 605. The summed E-state index contributed by atoms with van der Waals surface area (Å²) in [4.78, 5) is 14.1. The molecule has 0 bridgehead atoms. The van der Waals surface area contributed by atoms with Crippen LogP contribution in [0.2, 0.25) is 0 Å². The van der Waals surface area contributed by atoms with Crippen molar-refractivity contribution in [3.8, 4) is 11.4 Å². The molecule has 2 rings (SSSR count). The van der Waals surface area contributed by atoms with E-state index in [1.165, 1.54) is 24.3 Å². The second-order valence-electron chi connectivity index (χ2n) is 3.97. The van der Waals surface area contributed by atoms with Crippen LogP contribution >= 0.6 is 0 Å². The van der Waals surface area contributed by atoms with Gasteiger partial charge < -0.3 is 4.52 Å². The number of Topliss-reactive ketones (excluding diaryl/α,β-unsaturated/α-hetero) is 1. The highest BCUT2D eigenvalue weighted by molar-refractivity contribution is 5.82. The van der Waals surface area contributed by atoms with Gasteiger partial charge in [0.25, 0.3) is 0 Å². The number of nitrogens with zero attached hydrogens (tertiary/aromatic N) is 2. The maximum atomic E-state index is 12.3. The second kappa shape index (κ2) is 5.40. The van der Waals surface area contributed by atoms with E-state index in [-0.39, 0.29) is 12.2 Å². The zero-order valence-electron chi connectivity index (χ0n) is 9.95. The Hall–Kier alpha value is -2.25. The van der Waals surface area contributed by atoms with Gasteiger partial charge in [-0.3, -0.25) is 4.79 Å². The fraction of sp³-hybridized carbons (Fsp3) is 0.250. The first-order chi connectivity index (χ1) is 9.40. The van der Waals surface area contributed by atoms with Gasteiger partial charge in [0.15, 0.2) is 5.78 Å². The molecule has 0 radical (unpaired) electrons. The van der Waals surface area contributed by atoms with Crippen LogP contribution < -0.4 is 0 Å². The van der Waals surface area contributed by atoms with Crippen molar-refractivity contribution in [2.75, 3.05) is 6.67 Å². The molecule has 1 aromatic heterocycles. The molecule has 1 heterocycles. The third kappa shape index (κ3) is 3.19. The van der Waals surface area contributed by atoms with Crippen LogP contribution in [0.25, 0.3) is 11.4 Å². The Morgan fingerprint density at radius 2 is 1.85 bits per heavy atom. The molecule has 0 aliphatic rings. The Kier molecular flexibility index (Phi) is 3.82. The lowest BCUT2D eigenvalue weighted by atomic mass is 10.1. The van der Waals surface area contributed by atoms with E-state index in [4.69, 9.17) is 0 Å². The summed E-state index contributed by atoms with van der Waals surface area (Å²) in [5.74, 6) is -2.21. The van der Waals surface area contributed by atoms with Gasteiger partial charge in [-0.25, -0.2) is 4.39 Å². The molecule has 106 valence electrons. The van der Waals surface area contributed by atoms with Gasteiger partial charge in [0, 0.05) is 12.0 Å². The lowest BCUT2D eigenvalue weighted by Crippen LogP contribution is -2.05. The van der Waals surface area contributed by atoms with Crippen molar-refractivity contribution in [1.29, 1.82) is 0 Å². The Morgan fingerprint density at radius 1 is 1.20 bits per heavy atom. The minimum atomic E-state index is -4.70. The zero-order valence-corrected chi connectivity index (χ0v) is 9.95. The summed E-state index contributed by atoms with van der Waals surface area (Å²) >= 11 is 0. The van der Waals surface area contributed by atoms with Crippen molar-refractivity contribution >= 4 is 5.78 Å². The highest BCUT2D eigenvalue weighted by atomic mass is 19.4. The minimum Gasteiger partial charge on any atom is -0.329 e. The Balaban J connectivity index is 2.18. The van der Waals surface area contributed by atoms with Gasteiger partial charge in [0.2, 0.25) is 5.82 Å². The SMILES string of the molecule is O=C(CF)Cc1ccc(-c2noc(C(F)(F)F)n2)cc1. The number of aromatic nitrogens is 2. The van der Waals surface area contributed by atoms with E-state index in [9.17, 15) is 22.4 Å². The van der Waals surface area contributed by atoms with E-state index in [1.54, 1.807) is 0 Å². The van der Waals surface area contributed by atoms with Crippen molar-refractivity contribution in [2.45, 2.75) is 12.6 Å². The van der Waals surface area contributed by atoms with Gasteiger partial charge in [-0.1, -0.05) is 29.4 Å². The monoisotopic (exact) mass is 288 g/mol. The number of hydrogen-bond acceptors (Lipinski definition) is 4. The van der Waals surface area contributed by atoms with Gasteiger partial charge in [-0.2, -0.15) is 18.2 Å². The topological polar surface area (TPSA) is 56.0 Å². The molecule has 20 heavy (non-hydrogen) atoms. The highest BCUT2D eigenvalue weighted by Gasteiger charge is 2.38. The van der Waals surface area contributed by atoms with Crippen LogP contribution in [0.5, 0.6) is 0 Å². The van der Waals surface area contributed by atoms with Gasteiger partial charge >= 0.3 is 12.1 Å². The highest BCUT2D eigenvalue weighted by Crippen LogP contribution is 2.29. The molecular weight excluding hydrogens is 280 g/mol. The summed E-state index contributed by atoms with van der Waals surface area (Å²) < 4.78 is 53.0. The number of hydrogen-bond donors (Lipinski definition) is 0. The molecule has 0 spiro atoms. The number of benzene rings is 1. The predicted octanol–water partition coefficient (Wildman–Crippen LogP) is 2.84. The van der Waals surface area contributed by atoms with Crippen molar-refractivity contribution in [1.82, 2.24) is 10.1 Å².